The molecule has 0 aliphatic rings. The summed E-state index contributed by atoms with van der Waals surface area (Å²) < 4.78 is 1.31. The molecule has 0 saturated carbocycles. The maximum Gasteiger partial charge on any atom is 0.138 e. The number of H-pyrrole nitrogens is 1. The second-order valence-corrected chi connectivity index (χ2v) is 5.77. The number of rotatable bonds is 2. The van der Waals surface area contributed by atoms with Gasteiger partial charge in [-0.15, -0.1) is 11.3 Å². The lowest BCUT2D eigenvalue weighted by Gasteiger charge is -1.97. The average molecular weight is 246 g/mol. The van der Waals surface area contributed by atoms with Crippen LogP contribution in [0.25, 0.3) is 11.0 Å². The van der Waals surface area contributed by atoms with E-state index in [0.717, 1.165) is 5.65 Å². The first kappa shape index (κ1) is 9.93. The predicted octanol–water partition coefficient (Wildman–Crippen LogP) is 4.08. The van der Waals surface area contributed by atoms with Crippen molar-refractivity contribution in [1.82, 2.24) is 9.97 Å². The molecule has 0 spiro atoms. The van der Waals surface area contributed by atoms with E-state index in [1.807, 2.05) is 12.3 Å². The molecular formula is C12H10N2S2. The molecule has 0 aromatic carbocycles. The Balaban J connectivity index is 2.12. The van der Waals surface area contributed by atoms with Gasteiger partial charge in [0, 0.05) is 22.2 Å². The Kier molecular flexibility index (Phi) is 2.46. The number of aryl methyl sites for hydroxylation is 1. The number of hydrogen-bond donors (Lipinski definition) is 1. The highest BCUT2D eigenvalue weighted by Crippen LogP contribution is 2.37. The molecule has 1 N–H and O–H groups in total. The second-order valence-electron chi connectivity index (χ2n) is 3.51. The molecule has 0 bridgehead atoms. The first-order valence-electron chi connectivity index (χ1n) is 4.99. The molecule has 0 aliphatic heterocycles. The molecular weight excluding hydrogens is 236 g/mol. The zero-order valence-electron chi connectivity index (χ0n) is 8.73. The van der Waals surface area contributed by atoms with Crippen molar-refractivity contribution < 1.29 is 0 Å². The van der Waals surface area contributed by atoms with Gasteiger partial charge in [0.2, 0.25) is 0 Å². The zero-order valence-corrected chi connectivity index (χ0v) is 10.4. The minimum atomic E-state index is 0.971. The molecule has 16 heavy (non-hydrogen) atoms. The average Bonchev–Trinajstić information content (AvgIpc) is 2.89. The highest BCUT2D eigenvalue weighted by atomic mass is 32.2. The molecule has 0 amide bonds. The summed E-state index contributed by atoms with van der Waals surface area (Å²) in [5.41, 5.74) is 2.16. The number of aromatic nitrogens is 2. The highest BCUT2D eigenvalue weighted by molar-refractivity contribution is 8.01. The number of thiophene rings is 1. The van der Waals surface area contributed by atoms with Crippen molar-refractivity contribution in [3.05, 3.63) is 41.5 Å². The Morgan fingerprint density at radius 3 is 3.06 bits per heavy atom. The van der Waals surface area contributed by atoms with Gasteiger partial charge in [0.1, 0.15) is 5.65 Å². The molecule has 0 aliphatic carbocycles. The Morgan fingerprint density at radius 1 is 1.31 bits per heavy atom. The fourth-order valence-electron chi connectivity index (χ4n) is 1.68. The van der Waals surface area contributed by atoms with Crippen LogP contribution in [-0.2, 0) is 0 Å². The van der Waals surface area contributed by atoms with Gasteiger partial charge in [-0.1, -0.05) is 17.8 Å². The highest BCUT2D eigenvalue weighted by Gasteiger charge is 2.10. The zero-order chi connectivity index (χ0) is 11.0. The molecule has 3 heterocycles. The molecule has 3 aromatic rings. The molecule has 80 valence electrons. The summed E-state index contributed by atoms with van der Waals surface area (Å²) in [6, 6.07) is 8.31. The number of aromatic amines is 1. The summed E-state index contributed by atoms with van der Waals surface area (Å²) >= 11 is 3.57. The quantitative estimate of drug-likeness (QED) is 0.738. The molecule has 0 saturated heterocycles. The first-order valence-corrected chi connectivity index (χ1v) is 6.69. The predicted molar refractivity (Wildman–Crippen MR) is 69.3 cm³/mol. The maximum absolute atomic E-state index is 4.33. The van der Waals surface area contributed by atoms with Crippen LogP contribution in [0.4, 0.5) is 0 Å². The van der Waals surface area contributed by atoms with Crippen LogP contribution >= 0.6 is 23.1 Å². The lowest BCUT2D eigenvalue weighted by atomic mass is 10.3. The Labute approximate surface area is 102 Å². The van der Waals surface area contributed by atoms with Crippen LogP contribution in [0, 0.1) is 6.92 Å². The fraction of sp³-hybridized carbons (Fsp3) is 0.0833. The van der Waals surface area contributed by atoms with Crippen molar-refractivity contribution in [3.8, 4) is 0 Å². The molecule has 0 unspecified atom stereocenters. The van der Waals surface area contributed by atoms with Crippen LogP contribution in [-0.4, -0.2) is 9.97 Å². The number of hydrogen-bond acceptors (Lipinski definition) is 3. The Morgan fingerprint density at radius 2 is 2.25 bits per heavy atom. The third-order valence-electron chi connectivity index (χ3n) is 2.40. The Bertz CT molecular complexity index is 611. The summed E-state index contributed by atoms with van der Waals surface area (Å²) in [4.78, 5) is 8.92. The van der Waals surface area contributed by atoms with Crippen molar-refractivity contribution in [2.24, 2.45) is 0 Å². The number of fused-ring (bicyclic) bond motifs is 1. The SMILES string of the molecule is Cc1[nH]c2ncccc2c1Sc1cccs1. The topological polar surface area (TPSA) is 28.7 Å². The first-order chi connectivity index (χ1) is 7.84. The van der Waals surface area contributed by atoms with E-state index >= 15 is 0 Å². The lowest BCUT2D eigenvalue weighted by Crippen LogP contribution is -1.72. The monoisotopic (exact) mass is 246 g/mol. The van der Waals surface area contributed by atoms with Crippen molar-refractivity contribution in [2.75, 3.05) is 0 Å². The van der Waals surface area contributed by atoms with Crippen molar-refractivity contribution in [3.63, 3.8) is 0 Å². The van der Waals surface area contributed by atoms with Gasteiger partial charge in [-0.25, -0.2) is 4.98 Å². The minimum absolute atomic E-state index is 0.971. The normalized spacial score (nSPS) is 11.1. The van der Waals surface area contributed by atoms with E-state index in [-0.39, 0.29) is 0 Å². The molecule has 4 heteroatoms. The van der Waals surface area contributed by atoms with Crippen LogP contribution in [0.1, 0.15) is 5.69 Å². The summed E-state index contributed by atoms with van der Waals surface area (Å²) in [5, 5.41) is 3.31. The van der Waals surface area contributed by atoms with Gasteiger partial charge < -0.3 is 4.98 Å². The summed E-state index contributed by atoms with van der Waals surface area (Å²) in [6.45, 7) is 2.09. The molecule has 3 aromatic heterocycles. The fourth-order valence-corrected chi connectivity index (χ4v) is 3.56. The molecule has 3 rings (SSSR count). The van der Waals surface area contributed by atoms with Crippen LogP contribution in [0.5, 0.6) is 0 Å². The largest absolute Gasteiger partial charge is 0.342 e. The van der Waals surface area contributed by atoms with Crippen molar-refractivity contribution in [1.29, 1.82) is 0 Å². The van der Waals surface area contributed by atoms with E-state index in [4.69, 9.17) is 0 Å². The summed E-state index contributed by atoms with van der Waals surface area (Å²) in [6.07, 6.45) is 1.82. The van der Waals surface area contributed by atoms with E-state index in [1.54, 1.807) is 23.1 Å². The third kappa shape index (κ3) is 1.64. The summed E-state index contributed by atoms with van der Waals surface area (Å²) in [5.74, 6) is 0. The van der Waals surface area contributed by atoms with Gasteiger partial charge in [0.15, 0.2) is 0 Å². The number of pyridine rings is 1. The maximum atomic E-state index is 4.33. The standard InChI is InChI=1S/C12H10N2S2/c1-8-11(16-10-5-3-7-15-10)9-4-2-6-13-12(9)14-8/h2-7H,1H3,(H,13,14). The van der Waals surface area contributed by atoms with Gasteiger partial charge >= 0.3 is 0 Å². The van der Waals surface area contributed by atoms with Gasteiger partial charge in [-0.2, -0.15) is 0 Å². The third-order valence-corrected chi connectivity index (χ3v) is 4.66. The van der Waals surface area contributed by atoms with Crippen LogP contribution < -0.4 is 0 Å². The van der Waals surface area contributed by atoms with Gasteiger partial charge in [-0.3, -0.25) is 0 Å². The van der Waals surface area contributed by atoms with Gasteiger partial charge in [0.05, 0.1) is 4.21 Å². The summed E-state index contributed by atoms with van der Waals surface area (Å²) in [7, 11) is 0. The van der Waals surface area contributed by atoms with E-state index in [2.05, 4.69) is 40.5 Å². The Hall–Kier alpha value is -1.26. The molecule has 0 atom stereocenters. The minimum Gasteiger partial charge on any atom is -0.342 e. The van der Waals surface area contributed by atoms with Gasteiger partial charge in [-0.05, 0) is 30.5 Å². The van der Waals surface area contributed by atoms with E-state index < -0.39 is 0 Å². The molecule has 2 nitrogen and oxygen atoms in total. The van der Waals surface area contributed by atoms with E-state index in [1.165, 1.54) is 20.2 Å². The van der Waals surface area contributed by atoms with E-state index in [0.29, 0.717) is 0 Å². The number of nitrogens with zero attached hydrogens (tertiary/aromatic N) is 1. The lowest BCUT2D eigenvalue weighted by molar-refractivity contribution is 1.21. The van der Waals surface area contributed by atoms with Gasteiger partial charge in [0.25, 0.3) is 0 Å². The van der Waals surface area contributed by atoms with Crippen LogP contribution in [0.15, 0.2) is 44.9 Å². The molecule has 0 fully saturated rings. The van der Waals surface area contributed by atoms with Crippen LogP contribution in [0.3, 0.4) is 0 Å². The van der Waals surface area contributed by atoms with E-state index in [9.17, 15) is 0 Å². The molecule has 0 radical (unpaired) electrons. The number of nitrogens with one attached hydrogen (secondary N) is 1. The van der Waals surface area contributed by atoms with Crippen molar-refractivity contribution >= 4 is 34.1 Å². The second kappa shape index (κ2) is 3.96. The van der Waals surface area contributed by atoms with Crippen LogP contribution in [0.2, 0.25) is 0 Å². The van der Waals surface area contributed by atoms with Crippen molar-refractivity contribution in [2.45, 2.75) is 16.0 Å². The smallest absolute Gasteiger partial charge is 0.138 e.